The average molecular weight is 278 g/mol. The van der Waals surface area contributed by atoms with Crippen LogP contribution in [0.5, 0.6) is 0 Å². The molecule has 5 nitrogen and oxygen atoms in total. The van der Waals surface area contributed by atoms with E-state index < -0.39 is 0 Å². The number of nitrogens with one attached hydrogen (secondary N) is 1. The lowest BCUT2D eigenvalue weighted by atomic mass is 10.2. The third-order valence-electron chi connectivity index (χ3n) is 3.16. The smallest absolute Gasteiger partial charge is 0.263 e. The maximum absolute atomic E-state index is 11.9. The maximum atomic E-state index is 11.9. The van der Waals surface area contributed by atoms with Gasteiger partial charge in [-0.15, -0.1) is 11.3 Å². The van der Waals surface area contributed by atoms with Gasteiger partial charge in [0.05, 0.1) is 5.69 Å². The van der Waals surface area contributed by atoms with Crippen molar-refractivity contribution in [1.29, 1.82) is 5.26 Å². The molecule has 0 spiro atoms. The zero-order valence-corrected chi connectivity index (χ0v) is 12.0. The molecular weight excluding hydrogens is 260 g/mol. The van der Waals surface area contributed by atoms with Gasteiger partial charge in [0.2, 0.25) is 0 Å². The first kappa shape index (κ1) is 13.7. The average Bonchev–Trinajstić information content (AvgIpc) is 3.11. The lowest BCUT2D eigenvalue weighted by Crippen LogP contribution is -2.22. The molecule has 0 bridgehead atoms. The summed E-state index contributed by atoms with van der Waals surface area (Å²) < 4.78 is 0. The van der Waals surface area contributed by atoms with Crippen LogP contribution in [0.15, 0.2) is 0 Å². The highest BCUT2D eigenvalue weighted by Gasteiger charge is 2.27. The van der Waals surface area contributed by atoms with E-state index in [2.05, 4.69) is 11.4 Å². The Morgan fingerprint density at radius 3 is 2.84 bits per heavy atom. The molecular formula is C13H18N4OS. The first-order valence-electron chi connectivity index (χ1n) is 6.40. The fourth-order valence-corrected chi connectivity index (χ4v) is 3.05. The van der Waals surface area contributed by atoms with Gasteiger partial charge >= 0.3 is 0 Å². The number of carbonyl (C=O) groups excluding carboxylic acids is 1. The number of amides is 1. The Labute approximate surface area is 117 Å². The summed E-state index contributed by atoms with van der Waals surface area (Å²) in [6.45, 7) is 3.32. The normalized spacial score (nSPS) is 13.9. The quantitative estimate of drug-likeness (QED) is 0.860. The van der Waals surface area contributed by atoms with Crippen LogP contribution in [0.1, 0.15) is 35.0 Å². The topological polar surface area (TPSA) is 82.2 Å². The van der Waals surface area contributed by atoms with Crippen LogP contribution in [0, 0.1) is 17.2 Å². The first-order chi connectivity index (χ1) is 9.08. The van der Waals surface area contributed by atoms with E-state index in [4.69, 9.17) is 5.73 Å². The van der Waals surface area contributed by atoms with Crippen molar-refractivity contribution < 1.29 is 4.79 Å². The van der Waals surface area contributed by atoms with Crippen LogP contribution in [0.2, 0.25) is 0 Å². The predicted octanol–water partition coefficient (Wildman–Crippen LogP) is 1.80. The largest absolute Gasteiger partial charge is 0.396 e. The molecule has 1 amide bonds. The monoisotopic (exact) mass is 278 g/mol. The van der Waals surface area contributed by atoms with E-state index in [1.165, 1.54) is 24.2 Å². The molecule has 102 valence electrons. The van der Waals surface area contributed by atoms with E-state index in [0.717, 1.165) is 11.5 Å². The number of hydrogen-bond acceptors (Lipinski definition) is 5. The second-order valence-corrected chi connectivity index (χ2v) is 5.82. The van der Waals surface area contributed by atoms with Gasteiger partial charge in [0.1, 0.15) is 21.5 Å². The van der Waals surface area contributed by atoms with Crippen LogP contribution in [-0.4, -0.2) is 26.0 Å². The molecule has 0 saturated heterocycles. The Hall–Kier alpha value is -1.74. The number of nitriles is 1. The summed E-state index contributed by atoms with van der Waals surface area (Å²) in [6, 6.07) is 2.12. The molecule has 0 atom stereocenters. The molecule has 0 radical (unpaired) electrons. The SMILES string of the molecule is CCNC(=O)c1sc(N(C)CC2CC2)c(C#N)c1N. The molecule has 1 heterocycles. The highest BCUT2D eigenvalue weighted by Crippen LogP contribution is 2.39. The zero-order valence-electron chi connectivity index (χ0n) is 11.2. The third-order valence-corrected chi connectivity index (χ3v) is 4.48. The number of nitrogens with two attached hydrogens (primary N) is 1. The number of rotatable bonds is 5. The second kappa shape index (κ2) is 5.49. The third kappa shape index (κ3) is 2.82. The minimum Gasteiger partial charge on any atom is -0.396 e. The molecule has 1 saturated carbocycles. The minimum atomic E-state index is -0.201. The lowest BCUT2D eigenvalue weighted by molar-refractivity contribution is 0.0960. The van der Waals surface area contributed by atoms with Crippen LogP contribution in [0.25, 0.3) is 0 Å². The summed E-state index contributed by atoms with van der Waals surface area (Å²) in [5, 5.41) is 12.8. The molecule has 0 aromatic carbocycles. The van der Waals surface area contributed by atoms with Gasteiger partial charge in [-0.1, -0.05) is 0 Å². The van der Waals surface area contributed by atoms with Gasteiger partial charge in [0.15, 0.2) is 0 Å². The summed E-state index contributed by atoms with van der Waals surface area (Å²) in [6.07, 6.45) is 2.49. The van der Waals surface area contributed by atoms with E-state index in [1.807, 2.05) is 18.9 Å². The lowest BCUT2D eigenvalue weighted by Gasteiger charge is -2.16. The highest BCUT2D eigenvalue weighted by molar-refractivity contribution is 7.19. The van der Waals surface area contributed by atoms with Gasteiger partial charge in [0.25, 0.3) is 5.91 Å². The maximum Gasteiger partial charge on any atom is 0.263 e. The second-order valence-electron chi connectivity index (χ2n) is 4.82. The summed E-state index contributed by atoms with van der Waals surface area (Å²) in [5.74, 6) is 0.514. The van der Waals surface area contributed by atoms with Gasteiger partial charge in [-0.3, -0.25) is 4.79 Å². The van der Waals surface area contributed by atoms with Crippen molar-refractivity contribution >= 4 is 27.9 Å². The molecule has 1 aromatic heterocycles. The number of nitrogen functional groups attached to an aromatic ring is 1. The van der Waals surface area contributed by atoms with Crippen molar-refractivity contribution in [2.24, 2.45) is 5.92 Å². The molecule has 1 aromatic rings. The number of nitrogens with zero attached hydrogens (tertiary/aromatic N) is 2. The Balaban J connectivity index is 2.29. The number of anilines is 2. The van der Waals surface area contributed by atoms with Crippen LogP contribution >= 0.6 is 11.3 Å². The minimum absolute atomic E-state index is 0.201. The van der Waals surface area contributed by atoms with E-state index >= 15 is 0 Å². The van der Waals surface area contributed by atoms with Crippen molar-refractivity contribution in [3.63, 3.8) is 0 Å². The summed E-state index contributed by atoms with van der Waals surface area (Å²) >= 11 is 1.30. The molecule has 0 unspecified atom stereocenters. The van der Waals surface area contributed by atoms with Crippen LogP contribution in [-0.2, 0) is 0 Å². The van der Waals surface area contributed by atoms with Crippen LogP contribution < -0.4 is 16.0 Å². The Bertz CT molecular complexity index is 527. The Kier molecular flexibility index (Phi) is 3.96. The molecule has 6 heteroatoms. The van der Waals surface area contributed by atoms with Crippen molar-refractivity contribution in [2.75, 3.05) is 30.8 Å². The molecule has 1 aliphatic carbocycles. The summed E-state index contributed by atoms with van der Waals surface area (Å²) in [5.41, 5.74) is 6.66. The van der Waals surface area contributed by atoms with Gasteiger partial charge in [-0.05, 0) is 25.7 Å². The summed E-state index contributed by atoms with van der Waals surface area (Å²) in [4.78, 5) is 14.4. The van der Waals surface area contributed by atoms with Gasteiger partial charge in [-0.2, -0.15) is 5.26 Å². The zero-order chi connectivity index (χ0) is 14.0. The molecule has 1 fully saturated rings. The van der Waals surface area contributed by atoms with E-state index in [0.29, 0.717) is 28.6 Å². The van der Waals surface area contributed by atoms with Crippen molar-refractivity contribution in [3.05, 3.63) is 10.4 Å². The molecule has 3 N–H and O–H groups in total. The van der Waals surface area contributed by atoms with Crippen molar-refractivity contribution in [3.8, 4) is 6.07 Å². The van der Waals surface area contributed by atoms with E-state index in [1.54, 1.807) is 0 Å². The highest BCUT2D eigenvalue weighted by atomic mass is 32.1. The fraction of sp³-hybridized carbons (Fsp3) is 0.538. The van der Waals surface area contributed by atoms with Crippen molar-refractivity contribution in [2.45, 2.75) is 19.8 Å². The Morgan fingerprint density at radius 1 is 1.63 bits per heavy atom. The number of hydrogen-bond donors (Lipinski definition) is 2. The van der Waals surface area contributed by atoms with Crippen LogP contribution in [0.4, 0.5) is 10.7 Å². The van der Waals surface area contributed by atoms with E-state index in [9.17, 15) is 10.1 Å². The molecule has 0 aliphatic heterocycles. The molecule has 19 heavy (non-hydrogen) atoms. The Morgan fingerprint density at radius 2 is 2.32 bits per heavy atom. The van der Waals surface area contributed by atoms with Gasteiger partial charge in [0, 0.05) is 20.1 Å². The predicted molar refractivity (Wildman–Crippen MR) is 77.4 cm³/mol. The number of carbonyl (C=O) groups is 1. The first-order valence-corrected chi connectivity index (χ1v) is 7.21. The van der Waals surface area contributed by atoms with E-state index in [-0.39, 0.29) is 5.91 Å². The van der Waals surface area contributed by atoms with Crippen molar-refractivity contribution in [1.82, 2.24) is 5.32 Å². The standard InChI is InChI=1S/C13H18N4OS/c1-3-16-12(18)11-10(15)9(6-14)13(19-11)17(2)7-8-4-5-8/h8H,3-5,7,15H2,1-2H3,(H,16,18). The fourth-order valence-electron chi connectivity index (χ4n) is 1.99. The van der Waals surface area contributed by atoms with Gasteiger partial charge < -0.3 is 16.0 Å². The van der Waals surface area contributed by atoms with Crippen LogP contribution in [0.3, 0.4) is 0 Å². The van der Waals surface area contributed by atoms with Gasteiger partial charge in [-0.25, -0.2) is 0 Å². The molecule has 2 rings (SSSR count). The molecule has 1 aliphatic rings. The summed E-state index contributed by atoms with van der Waals surface area (Å²) in [7, 11) is 1.95. The number of thiophene rings is 1.